The predicted octanol–water partition coefficient (Wildman–Crippen LogP) is 2.32. The third-order valence-corrected chi connectivity index (χ3v) is 3.18. The van der Waals surface area contributed by atoms with Gasteiger partial charge in [0.15, 0.2) is 0 Å². The summed E-state index contributed by atoms with van der Waals surface area (Å²) in [4.78, 5) is 13.5. The molecule has 1 amide bonds. The summed E-state index contributed by atoms with van der Waals surface area (Å²) in [7, 11) is 0. The molecule has 0 radical (unpaired) electrons. The Labute approximate surface area is 112 Å². The second-order valence-electron chi connectivity index (χ2n) is 4.18. The van der Waals surface area contributed by atoms with Crippen LogP contribution >= 0.6 is 12.2 Å². The van der Waals surface area contributed by atoms with E-state index in [0.29, 0.717) is 6.61 Å². The lowest BCUT2D eigenvalue weighted by molar-refractivity contribution is -0.127. The molecule has 1 aliphatic heterocycles. The van der Waals surface area contributed by atoms with Crippen LogP contribution in [0.4, 0.5) is 0 Å². The zero-order valence-electron chi connectivity index (χ0n) is 10.0. The zero-order chi connectivity index (χ0) is 13.0. The quantitative estimate of drug-likeness (QED) is 0.615. The van der Waals surface area contributed by atoms with Crippen LogP contribution in [0.2, 0.25) is 0 Å². The molecule has 1 atom stereocenters. The molecule has 0 spiro atoms. The lowest BCUT2D eigenvalue weighted by atomic mass is 10.1. The van der Waals surface area contributed by atoms with E-state index in [2.05, 4.69) is 6.58 Å². The average molecular weight is 261 g/mol. The number of amides is 1. The second kappa shape index (κ2) is 5.78. The van der Waals surface area contributed by atoms with Gasteiger partial charge in [-0.15, -0.1) is 6.58 Å². The van der Waals surface area contributed by atoms with E-state index in [-0.39, 0.29) is 23.5 Å². The van der Waals surface area contributed by atoms with Crippen molar-refractivity contribution in [1.29, 1.82) is 0 Å². The van der Waals surface area contributed by atoms with Crippen molar-refractivity contribution >= 4 is 23.3 Å². The van der Waals surface area contributed by atoms with Crippen LogP contribution in [-0.4, -0.2) is 28.6 Å². The highest BCUT2D eigenvalue weighted by atomic mass is 32.1. The van der Waals surface area contributed by atoms with Crippen molar-refractivity contribution in [3.63, 3.8) is 0 Å². The number of carbonyl (C=O) groups is 1. The SMILES string of the molecule is C=CCC(=O)N1C(=S)OC[C@H]1Cc1ccccc1. The third-order valence-electron chi connectivity index (χ3n) is 2.86. The number of carbonyl (C=O) groups excluding carboxylic acids is 1. The topological polar surface area (TPSA) is 29.5 Å². The first-order valence-corrected chi connectivity index (χ1v) is 6.27. The van der Waals surface area contributed by atoms with Gasteiger partial charge >= 0.3 is 0 Å². The molecule has 0 aliphatic carbocycles. The Balaban J connectivity index is 2.09. The van der Waals surface area contributed by atoms with Crippen molar-refractivity contribution in [2.24, 2.45) is 0 Å². The van der Waals surface area contributed by atoms with Crippen molar-refractivity contribution in [3.8, 4) is 0 Å². The Kier molecular flexibility index (Phi) is 4.10. The van der Waals surface area contributed by atoms with Crippen molar-refractivity contribution in [1.82, 2.24) is 4.90 Å². The van der Waals surface area contributed by atoms with Crippen LogP contribution in [0.1, 0.15) is 12.0 Å². The molecule has 1 saturated heterocycles. The van der Waals surface area contributed by atoms with Gasteiger partial charge in [-0.2, -0.15) is 0 Å². The van der Waals surface area contributed by atoms with Gasteiger partial charge in [-0.05, 0) is 24.2 Å². The van der Waals surface area contributed by atoms with E-state index in [4.69, 9.17) is 17.0 Å². The summed E-state index contributed by atoms with van der Waals surface area (Å²) in [6.07, 6.45) is 2.63. The Morgan fingerprint density at radius 2 is 2.22 bits per heavy atom. The number of hydrogen-bond acceptors (Lipinski definition) is 3. The van der Waals surface area contributed by atoms with Gasteiger partial charge in [0.05, 0.1) is 6.04 Å². The second-order valence-corrected chi connectivity index (χ2v) is 4.53. The standard InChI is InChI=1S/C14H15NO2S/c1-2-6-13(16)15-12(10-17-14(15)18)9-11-7-4-3-5-8-11/h2-5,7-8,12H,1,6,9-10H2/t12-/m1/s1. The minimum absolute atomic E-state index is 0.00708. The molecule has 4 heteroatoms. The van der Waals surface area contributed by atoms with E-state index >= 15 is 0 Å². The maximum Gasteiger partial charge on any atom is 0.266 e. The minimum Gasteiger partial charge on any atom is -0.468 e. The van der Waals surface area contributed by atoms with Crippen LogP contribution in [-0.2, 0) is 16.0 Å². The highest BCUT2D eigenvalue weighted by Gasteiger charge is 2.34. The predicted molar refractivity (Wildman–Crippen MR) is 74.1 cm³/mol. The minimum atomic E-state index is -0.0477. The number of ether oxygens (including phenoxy) is 1. The van der Waals surface area contributed by atoms with Gasteiger partial charge in [-0.25, -0.2) is 0 Å². The molecule has 0 saturated carbocycles. The highest BCUT2D eigenvalue weighted by Crippen LogP contribution is 2.18. The van der Waals surface area contributed by atoms with E-state index in [1.165, 1.54) is 5.56 Å². The van der Waals surface area contributed by atoms with E-state index in [1.807, 2.05) is 30.3 Å². The number of thiocarbonyl (C=S) groups is 1. The number of nitrogens with zero attached hydrogens (tertiary/aromatic N) is 1. The molecule has 1 aromatic rings. The monoisotopic (exact) mass is 261 g/mol. The smallest absolute Gasteiger partial charge is 0.266 e. The molecule has 1 fully saturated rings. The molecule has 1 heterocycles. The summed E-state index contributed by atoms with van der Waals surface area (Å²) in [6, 6.07) is 10.0. The third kappa shape index (κ3) is 2.76. The van der Waals surface area contributed by atoms with Crippen molar-refractivity contribution in [2.45, 2.75) is 18.9 Å². The van der Waals surface area contributed by atoms with E-state index in [9.17, 15) is 4.79 Å². The summed E-state index contributed by atoms with van der Waals surface area (Å²) in [5.74, 6) is -0.0477. The van der Waals surface area contributed by atoms with Crippen molar-refractivity contribution in [2.75, 3.05) is 6.61 Å². The first-order valence-electron chi connectivity index (χ1n) is 5.86. The lowest BCUT2D eigenvalue weighted by Crippen LogP contribution is -2.39. The Morgan fingerprint density at radius 1 is 1.50 bits per heavy atom. The highest BCUT2D eigenvalue weighted by molar-refractivity contribution is 7.80. The van der Waals surface area contributed by atoms with Crippen LogP contribution < -0.4 is 0 Å². The van der Waals surface area contributed by atoms with Crippen LogP contribution in [0.15, 0.2) is 43.0 Å². The summed E-state index contributed by atoms with van der Waals surface area (Å²) in [5.41, 5.74) is 1.17. The summed E-state index contributed by atoms with van der Waals surface area (Å²) >= 11 is 5.07. The molecule has 1 aromatic carbocycles. The lowest BCUT2D eigenvalue weighted by Gasteiger charge is -2.20. The molecule has 18 heavy (non-hydrogen) atoms. The molecular formula is C14H15NO2S. The molecule has 0 unspecified atom stereocenters. The normalized spacial score (nSPS) is 18.6. The maximum atomic E-state index is 11.9. The van der Waals surface area contributed by atoms with Gasteiger partial charge in [0.1, 0.15) is 6.61 Å². The fourth-order valence-corrected chi connectivity index (χ4v) is 2.34. The Bertz CT molecular complexity index is 458. The molecule has 1 aliphatic rings. The van der Waals surface area contributed by atoms with Crippen LogP contribution in [0.25, 0.3) is 0 Å². The van der Waals surface area contributed by atoms with Crippen molar-refractivity contribution in [3.05, 3.63) is 48.6 Å². The van der Waals surface area contributed by atoms with Gasteiger partial charge in [0.25, 0.3) is 5.17 Å². The van der Waals surface area contributed by atoms with Gasteiger partial charge < -0.3 is 4.74 Å². The molecule has 0 N–H and O–H groups in total. The maximum absolute atomic E-state index is 11.9. The average Bonchev–Trinajstić information content (AvgIpc) is 2.72. The van der Waals surface area contributed by atoms with Gasteiger partial charge in [0, 0.05) is 6.42 Å². The van der Waals surface area contributed by atoms with Crippen LogP contribution in [0, 0.1) is 0 Å². The van der Waals surface area contributed by atoms with Crippen LogP contribution in [0.3, 0.4) is 0 Å². The molecule has 0 aromatic heterocycles. The summed E-state index contributed by atoms with van der Waals surface area (Å²) in [5, 5.41) is 0.280. The first kappa shape index (κ1) is 12.8. The number of rotatable bonds is 4. The molecule has 94 valence electrons. The van der Waals surface area contributed by atoms with E-state index < -0.39 is 0 Å². The first-order chi connectivity index (χ1) is 8.72. The Morgan fingerprint density at radius 3 is 2.89 bits per heavy atom. The fourth-order valence-electron chi connectivity index (χ4n) is 2.02. The molecule has 0 bridgehead atoms. The molecule has 2 rings (SSSR count). The van der Waals surface area contributed by atoms with Crippen LogP contribution in [0.5, 0.6) is 0 Å². The van der Waals surface area contributed by atoms with Gasteiger partial charge in [-0.1, -0.05) is 36.4 Å². The molecule has 3 nitrogen and oxygen atoms in total. The van der Waals surface area contributed by atoms with E-state index in [1.54, 1.807) is 11.0 Å². The molecular weight excluding hydrogens is 246 g/mol. The fraction of sp³-hybridized carbons (Fsp3) is 0.286. The van der Waals surface area contributed by atoms with Crippen molar-refractivity contribution < 1.29 is 9.53 Å². The largest absolute Gasteiger partial charge is 0.468 e. The van der Waals surface area contributed by atoms with Gasteiger partial charge in [0.2, 0.25) is 5.91 Å². The van der Waals surface area contributed by atoms with E-state index in [0.717, 1.165) is 6.42 Å². The zero-order valence-corrected chi connectivity index (χ0v) is 10.9. The number of benzene rings is 1. The number of hydrogen-bond donors (Lipinski definition) is 0. The van der Waals surface area contributed by atoms with Gasteiger partial charge in [-0.3, -0.25) is 9.69 Å². The Hall–Kier alpha value is -1.68. The summed E-state index contributed by atoms with van der Waals surface area (Å²) in [6.45, 7) is 4.04. The summed E-state index contributed by atoms with van der Waals surface area (Å²) < 4.78 is 5.32.